The summed E-state index contributed by atoms with van der Waals surface area (Å²) in [5.74, 6) is -0.338. The molecule has 2 rings (SSSR count). The third kappa shape index (κ3) is 5.06. The molecule has 0 saturated heterocycles. The van der Waals surface area contributed by atoms with E-state index in [1.165, 1.54) is 20.3 Å². The number of amides is 2. The van der Waals surface area contributed by atoms with E-state index in [2.05, 4.69) is 20.6 Å². The van der Waals surface area contributed by atoms with Gasteiger partial charge in [0, 0.05) is 12.1 Å². The Morgan fingerprint density at radius 1 is 1.12 bits per heavy atom. The summed E-state index contributed by atoms with van der Waals surface area (Å²) < 4.78 is 10.1. The summed E-state index contributed by atoms with van der Waals surface area (Å²) in [6.07, 6.45) is 0. The molecular weight excluding hydrogens is 326 g/mol. The monoisotopic (exact) mass is 345 g/mol. The predicted octanol–water partition coefficient (Wildman–Crippen LogP) is 0.190. The van der Waals surface area contributed by atoms with E-state index in [1.54, 1.807) is 30.3 Å². The fourth-order valence-corrected chi connectivity index (χ4v) is 1.94. The largest absolute Gasteiger partial charge is 0.481 e. The van der Waals surface area contributed by atoms with Crippen LogP contribution < -0.4 is 25.8 Å². The lowest BCUT2D eigenvalue weighted by atomic mass is 10.2. The Hall–Kier alpha value is -3.36. The quantitative estimate of drug-likeness (QED) is 0.623. The first-order chi connectivity index (χ1) is 12.0. The Labute approximate surface area is 144 Å². The SMILES string of the molecule is COc1cc(OC)nc(NC[C@H](NC(=O)c2ccccc2)C(N)=O)n1. The zero-order valence-corrected chi connectivity index (χ0v) is 13.9. The van der Waals surface area contributed by atoms with Gasteiger partial charge in [0.25, 0.3) is 5.91 Å². The molecule has 2 aromatic rings. The number of primary amides is 1. The molecule has 0 radical (unpaired) electrons. The number of nitrogens with two attached hydrogens (primary N) is 1. The number of methoxy groups -OCH3 is 2. The maximum absolute atomic E-state index is 12.2. The van der Waals surface area contributed by atoms with Gasteiger partial charge >= 0.3 is 0 Å². The molecule has 0 unspecified atom stereocenters. The number of nitrogens with one attached hydrogen (secondary N) is 2. The van der Waals surface area contributed by atoms with E-state index in [9.17, 15) is 9.59 Å². The van der Waals surface area contributed by atoms with Gasteiger partial charge in [-0.2, -0.15) is 9.97 Å². The van der Waals surface area contributed by atoms with Gasteiger partial charge in [0.1, 0.15) is 6.04 Å². The van der Waals surface area contributed by atoms with Crippen molar-refractivity contribution in [1.82, 2.24) is 15.3 Å². The van der Waals surface area contributed by atoms with E-state index in [-0.39, 0.29) is 12.5 Å². The van der Waals surface area contributed by atoms with Crippen LogP contribution in [0.25, 0.3) is 0 Å². The molecule has 0 fully saturated rings. The van der Waals surface area contributed by atoms with Crippen LogP contribution in [0.15, 0.2) is 36.4 Å². The molecule has 1 aromatic heterocycles. The molecule has 0 bridgehead atoms. The smallest absolute Gasteiger partial charge is 0.251 e. The van der Waals surface area contributed by atoms with Gasteiger partial charge in [-0.25, -0.2) is 0 Å². The van der Waals surface area contributed by atoms with Gasteiger partial charge in [-0.1, -0.05) is 18.2 Å². The first kappa shape index (κ1) is 18.0. The number of aromatic nitrogens is 2. The second-order valence-electron chi connectivity index (χ2n) is 4.95. The molecule has 0 spiro atoms. The molecule has 0 saturated carbocycles. The Morgan fingerprint density at radius 2 is 1.72 bits per heavy atom. The Balaban J connectivity index is 2.05. The van der Waals surface area contributed by atoms with Crippen molar-refractivity contribution in [3.63, 3.8) is 0 Å². The molecule has 9 heteroatoms. The molecule has 4 N–H and O–H groups in total. The third-order valence-electron chi connectivity index (χ3n) is 3.25. The fourth-order valence-electron chi connectivity index (χ4n) is 1.94. The molecule has 0 aliphatic heterocycles. The highest BCUT2D eigenvalue weighted by molar-refractivity contribution is 5.97. The lowest BCUT2D eigenvalue weighted by molar-refractivity contribution is -0.119. The van der Waals surface area contributed by atoms with Crippen molar-refractivity contribution >= 4 is 17.8 Å². The molecule has 25 heavy (non-hydrogen) atoms. The van der Waals surface area contributed by atoms with Gasteiger partial charge in [-0.15, -0.1) is 0 Å². The summed E-state index contributed by atoms with van der Waals surface area (Å²) in [7, 11) is 2.91. The fraction of sp³-hybridized carbons (Fsp3) is 0.250. The molecular formula is C16H19N5O4. The van der Waals surface area contributed by atoms with Crippen LogP contribution in [-0.4, -0.2) is 48.6 Å². The van der Waals surface area contributed by atoms with Crippen molar-refractivity contribution < 1.29 is 19.1 Å². The number of anilines is 1. The summed E-state index contributed by atoms with van der Waals surface area (Å²) in [5.41, 5.74) is 5.78. The minimum Gasteiger partial charge on any atom is -0.481 e. The van der Waals surface area contributed by atoms with Crippen molar-refractivity contribution in [3.05, 3.63) is 42.0 Å². The third-order valence-corrected chi connectivity index (χ3v) is 3.25. The van der Waals surface area contributed by atoms with Crippen molar-refractivity contribution in [2.24, 2.45) is 5.73 Å². The molecule has 1 aromatic carbocycles. The van der Waals surface area contributed by atoms with Crippen molar-refractivity contribution in [1.29, 1.82) is 0 Å². The molecule has 2 amide bonds. The molecule has 0 aliphatic carbocycles. The summed E-state index contributed by atoms with van der Waals surface area (Å²) >= 11 is 0. The number of rotatable bonds is 8. The summed E-state index contributed by atoms with van der Waals surface area (Å²) in [4.78, 5) is 31.9. The van der Waals surface area contributed by atoms with E-state index in [0.717, 1.165) is 0 Å². The van der Waals surface area contributed by atoms with Crippen LogP contribution in [0.4, 0.5) is 5.95 Å². The number of ether oxygens (including phenoxy) is 2. The van der Waals surface area contributed by atoms with Gasteiger partial charge in [0.05, 0.1) is 20.3 Å². The summed E-state index contributed by atoms with van der Waals surface area (Å²) in [6, 6.07) is 9.07. The zero-order chi connectivity index (χ0) is 18.2. The van der Waals surface area contributed by atoms with Crippen molar-refractivity contribution in [2.75, 3.05) is 26.1 Å². The minimum atomic E-state index is -0.950. The average molecular weight is 345 g/mol. The maximum Gasteiger partial charge on any atom is 0.251 e. The van der Waals surface area contributed by atoms with E-state index in [0.29, 0.717) is 17.3 Å². The number of benzene rings is 1. The zero-order valence-electron chi connectivity index (χ0n) is 13.9. The minimum absolute atomic E-state index is 0.00420. The van der Waals surface area contributed by atoms with E-state index >= 15 is 0 Å². The molecule has 132 valence electrons. The average Bonchev–Trinajstić information content (AvgIpc) is 2.64. The Kier molecular flexibility index (Phi) is 6.10. The molecule has 9 nitrogen and oxygen atoms in total. The number of hydrogen-bond acceptors (Lipinski definition) is 7. The van der Waals surface area contributed by atoms with Crippen LogP contribution in [0.5, 0.6) is 11.8 Å². The number of carbonyl (C=O) groups excluding carboxylic acids is 2. The van der Waals surface area contributed by atoms with Crippen LogP contribution >= 0.6 is 0 Å². The van der Waals surface area contributed by atoms with Crippen LogP contribution in [0.2, 0.25) is 0 Å². The van der Waals surface area contributed by atoms with Crippen LogP contribution in [0.1, 0.15) is 10.4 Å². The first-order valence-corrected chi connectivity index (χ1v) is 7.39. The highest BCUT2D eigenvalue weighted by Crippen LogP contribution is 2.17. The van der Waals surface area contributed by atoms with Crippen LogP contribution in [0, 0.1) is 0 Å². The second kappa shape index (κ2) is 8.48. The van der Waals surface area contributed by atoms with E-state index < -0.39 is 17.9 Å². The summed E-state index contributed by atoms with van der Waals surface area (Å²) in [5, 5.41) is 5.40. The molecule has 1 heterocycles. The van der Waals surface area contributed by atoms with E-state index in [4.69, 9.17) is 15.2 Å². The lowest BCUT2D eigenvalue weighted by Gasteiger charge is -2.16. The van der Waals surface area contributed by atoms with Crippen LogP contribution in [-0.2, 0) is 4.79 Å². The molecule has 1 atom stereocenters. The summed E-state index contributed by atoms with van der Waals surface area (Å²) in [6.45, 7) is 0.00420. The van der Waals surface area contributed by atoms with Gasteiger partial charge < -0.3 is 25.8 Å². The molecule has 0 aliphatic rings. The number of carbonyl (C=O) groups is 2. The Morgan fingerprint density at radius 3 is 2.24 bits per heavy atom. The highest BCUT2D eigenvalue weighted by Gasteiger charge is 2.19. The van der Waals surface area contributed by atoms with Crippen molar-refractivity contribution in [3.8, 4) is 11.8 Å². The Bertz CT molecular complexity index is 716. The van der Waals surface area contributed by atoms with Crippen molar-refractivity contribution in [2.45, 2.75) is 6.04 Å². The van der Waals surface area contributed by atoms with Gasteiger partial charge in [-0.05, 0) is 12.1 Å². The predicted molar refractivity (Wildman–Crippen MR) is 90.5 cm³/mol. The van der Waals surface area contributed by atoms with Crippen LogP contribution in [0.3, 0.4) is 0 Å². The normalized spacial score (nSPS) is 11.3. The second-order valence-corrected chi connectivity index (χ2v) is 4.95. The lowest BCUT2D eigenvalue weighted by Crippen LogP contribution is -2.48. The van der Waals surface area contributed by atoms with Gasteiger partial charge in [-0.3, -0.25) is 9.59 Å². The maximum atomic E-state index is 12.2. The number of hydrogen-bond donors (Lipinski definition) is 3. The van der Waals surface area contributed by atoms with E-state index in [1.807, 2.05) is 0 Å². The van der Waals surface area contributed by atoms with Gasteiger partial charge in [0.15, 0.2) is 0 Å². The van der Waals surface area contributed by atoms with Gasteiger partial charge in [0.2, 0.25) is 23.6 Å². The number of nitrogens with zero attached hydrogens (tertiary/aromatic N) is 2. The first-order valence-electron chi connectivity index (χ1n) is 7.39. The highest BCUT2D eigenvalue weighted by atomic mass is 16.5. The standard InChI is InChI=1S/C16H19N5O4/c1-24-12-8-13(25-2)21-16(20-12)18-9-11(14(17)22)19-15(23)10-6-4-3-5-7-10/h3-8,11H,9H2,1-2H3,(H2,17,22)(H,19,23)(H,18,20,21)/t11-/m0/s1. The topological polar surface area (TPSA) is 128 Å².